The van der Waals surface area contributed by atoms with Gasteiger partial charge in [0.2, 0.25) is 0 Å². The van der Waals surface area contributed by atoms with Gasteiger partial charge in [0.05, 0.1) is 12.2 Å². The molecule has 5 nitrogen and oxygen atoms in total. The summed E-state index contributed by atoms with van der Waals surface area (Å²) in [5, 5.41) is 2.66. The zero-order valence-corrected chi connectivity index (χ0v) is 16.4. The number of anilines is 1. The molecule has 142 valence electrons. The molecule has 0 unspecified atom stereocenters. The van der Waals surface area contributed by atoms with Crippen molar-refractivity contribution in [3.8, 4) is 5.75 Å². The third-order valence-electron chi connectivity index (χ3n) is 3.95. The molecule has 2 rings (SSSR count). The standard InChI is InChI=1S/C16H23F3N4O.HI/c1-12-6-9-23(10-7-12)11-8-21-15(20)22-13-4-2-3-5-14(13)24-16(17,18)19;/h2-5,12H,6-11H2,1H3,(H3,20,21,22);1H. The molecule has 1 heterocycles. The Balaban J connectivity index is 0.00000312. The van der Waals surface area contributed by atoms with Crippen LogP contribution in [0.4, 0.5) is 18.9 Å². The van der Waals surface area contributed by atoms with Crippen LogP contribution < -0.4 is 15.8 Å². The molecular weight excluding hydrogens is 448 g/mol. The van der Waals surface area contributed by atoms with Crippen molar-refractivity contribution < 1.29 is 17.9 Å². The van der Waals surface area contributed by atoms with E-state index in [4.69, 9.17) is 5.73 Å². The first-order chi connectivity index (χ1) is 11.3. The van der Waals surface area contributed by atoms with Crippen LogP contribution in [-0.4, -0.2) is 43.4 Å². The fourth-order valence-corrected chi connectivity index (χ4v) is 2.56. The largest absolute Gasteiger partial charge is 0.573 e. The van der Waals surface area contributed by atoms with Gasteiger partial charge in [0.15, 0.2) is 11.7 Å². The van der Waals surface area contributed by atoms with Gasteiger partial charge in [-0.15, -0.1) is 37.1 Å². The number of likely N-dealkylation sites (tertiary alicyclic amines) is 1. The molecule has 0 radical (unpaired) electrons. The first kappa shape index (κ1) is 21.8. The molecule has 1 aromatic carbocycles. The van der Waals surface area contributed by atoms with Crippen molar-refractivity contribution in [3.63, 3.8) is 0 Å². The van der Waals surface area contributed by atoms with Crippen LogP contribution in [0.25, 0.3) is 0 Å². The number of hydrogen-bond acceptors (Lipinski definition) is 3. The van der Waals surface area contributed by atoms with Gasteiger partial charge in [0.1, 0.15) is 0 Å². The predicted octanol–water partition coefficient (Wildman–Crippen LogP) is 3.66. The van der Waals surface area contributed by atoms with Crippen molar-refractivity contribution in [1.29, 1.82) is 0 Å². The fraction of sp³-hybridized carbons (Fsp3) is 0.562. The zero-order chi connectivity index (χ0) is 17.6. The van der Waals surface area contributed by atoms with E-state index in [1.54, 1.807) is 6.07 Å². The van der Waals surface area contributed by atoms with Crippen LogP contribution in [0.2, 0.25) is 0 Å². The van der Waals surface area contributed by atoms with Gasteiger partial charge in [-0.1, -0.05) is 19.1 Å². The molecule has 1 fully saturated rings. The van der Waals surface area contributed by atoms with Gasteiger partial charge < -0.3 is 20.7 Å². The molecular formula is C16H24F3IN4O. The minimum atomic E-state index is -4.75. The summed E-state index contributed by atoms with van der Waals surface area (Å²) < 4.78 is 41.1. The summed E-state index contributed by atoms with van der Waals surface area (Å²) in [5.74, 6) is 0.494. The molecule has 0 saturated carbocycles. The van der Waals surface area contributed by atoms with Gasteiger partial charge >= 0.3 is 6.36 Å². The van der Waals surface area contributed by atoms with Gasteiger partial charge in [-0.25, -0.2) is 0 Å². The summed E-state index contributed by atoms with van der Waals surface area (Å²) in [4.78, 5) is 6.49. The van der Waals surface area contributed by atoms with E-state index in [9.17, 15) is 13.2 Å². The van der Waals surface area contributed by atoms with Crippen LogP contribution in [0.3, 0.4) is 0 Å². The zero-order valence-electron chi connectivity index (χ0n) is 14.1. The van der Waals surface area contributed by atoms with E-state index >= 15 is 0 Å². The highest BCUT2D eigenvalue weighted by Gasteiger charge is 2.32. The topological polar surface area (TPSA) is 62.9 Å². The van der Waals surface area contributed by atoms with Crippen LogP contribution in [0.15, 0.2) is 29.3 Å². The number of nitrogens with zero attached hydrogens (tertiary/aromatic N) is 2. The summed E-state index contributed by atoms with van der Waals surface area (Å²) in [5.41, 5.74) is 5.89. The smallest absolute Gasteiger partial charge is 0.404 e. The van der Waals surface area contributed by atoms with Crippen molar-refractivity contribution in [2.75, 3.05) is 31.5 Å². The molecule has 1 saturated heterocycles. The second-order valence-electron chi connectivity index (χ2n) is 5.96. The Morgan fingerprint density at radius 3 is 2.60 bits per heavy atom. The number of ether oxygens (including phenoxy) is 1. The molecule has 1 aliphatic heterocycles. The van der Waals surface area contributed by atoms with Crippen LogP contribution >= 0.6 is 24.0 Å². The number of piperidine rings is 1. The number of para-hydroxylation sites is 2. The quantitative estimate of drug-likeness (QED) is 0.390. The number of hydrogen-bond donors (Lipinski definition) is 2. The lowest BCUT2D eigenvalue weighted by molar-refractivity contribution is -0.274. The Labute approximate surface area is 162 Å². The monoisotopic (exact) mass is 472 g/mol. The minimum absolute atomic E-state index is 0. The number of guanidine groups is 1. The number of nitrogens with two attached hydrogens (primary N) is 1. The van der Waals surface area contributed by atoms with E-state index in [1.165, 1.54) is 31.0 Å². The van der Waals surface area contributed by atoms with Crippen LogP contribution in [-0.2, 0) is 0 Å². The van der Waals surface area contributed by atoms with Crippen molar-refractivity contribution >= 4 is 35.6 Å². The lowest BCUT2D eigenvalue weighted by Crippen LogP contribution is -2.35. The Kier molecular flexibility index (Phi) is 8.77. The summed E-state index contributed by atoms with van der Waals surface area (Å²) in [7, 11) is 0. The Morgan fingerprint density at radius 1 is 1.32 bits per heavy atom. The molecule has 0 aromatic heterocycles. The molecule has 0 amide bonds. The normalized spacial score (nSPS) is 17.0. The molecule has 25 heavy (non-hydrogen) atoms. The molecule has 0 atom stereocenters. The number of alkyl halides is 3. The molecule has 0 spiro atoms. The number of halogens is 4. The van der Waals surface area contributed by atoms with Crippen LogP contribution in [0.5, 0.6) is 5.75 Å². The van der Waals surface area contributed by atoms with Gasteiger partial charge in [-0.2, -0.15) is 0 Å². The fourth-order valence-electron chi connectivity index (χ4n) is 2.56. The number of aliphatic imine (C=N–C) groups is 1. The number of rotatable bonds is 5. The maximum absolute atomic E-state index is 12.4. The summed E-state index contributed by atoms with van der Waals surface area (Å²) in [6.45, 7) is 5.63. The maximum Gasteiger partial charge on any atom is 0.573 e. The van der Waals surface area contributed by atoms with Gasteiger partial charge in [0.25, 0.3) is 0 Å². The minimum Gasteiger partial charge on any atom is -0.404 e. The summed E-state index contributed by atoms with van der Waals surface area (Å²) in [6, 6.07) is 5.72. The first-order valence-corrected chi connectivity index (χ1v) is 7.97. The summed E-state index contributed by atoms with van der Waals surface area (Å²) >= 11 is 0. The molecule has 0 bridgehead atoms. The molecule has 1 aliphatic rings. The lowest BCUT2D eigenvalue weighted by Gasteiger charge is -2.29. The third-order valence-corrected chi connectivity index (χ3v) is 3.95. The van der Waals surface area contributed by atoms with E-state index < -0.39 is 6.36 Å². The summed E-state index contributed by atoms with van der Waals surface area (Å²) in [6.07, 6.45) is -2.39. The highest BCUT2D eigenvalue weighted by atomic mass is 127. The average Bonchev–Trinajstić information content (AvgIpc) is 2.50. The van der Waals surface area contributed by atoms with Gasteiger partial charge in [0, 0.05) is 6.54 Å². The molecule has 1 aromatic rings. The molecule has 0 aliphatic carbocycles. The first-order valence-electron chi connectivity index (χ1n) is 7.97. The SMILES string of the molecule is CC1CCN(CCN=C(N)Nc2ccccc2OC(F)(F)F)CC1.I. The predicted molar refractivity (Wildman–Crippen MR) is 103 cm³/mol. The lowest BCUT2D eigenvalue weighted by atomic mass is 9.99. The van der Waals surface area contributed by atoms with E-state index in [0.717, 1.165) is 25.6 Å². The number of benzene rings is 1. The Hall–Kier alpha value is -1.23. The highest BCUT2D eigenvalue weighted by molar-refractivity contribution is 14.0. The molecule has 3 N–H and O–H groups in total. The van der Waals surface area contributed by atoms with Crippen LogP contribution in [0.1, 0.15) is 19.8 Å². The van der Waals surface area contributed by atoms with E-state index in [1.807, 2.05) is 0 Å². The Bertz CT molecular complexity index is 561. The van der Waals surface area contributed by atoms with Crippen molar-refractivity contribution in [3.05, 3.63) is 24.3 Å². The van der Waals surface area contributed by atoms with Crippen molar-refractivity contribution in [2.45, 2.75) is 26.1 Å². The number of nitrogens with one attached hydrogen (secondary N) is 1. The van der Waals surface area contributed by atoms with Crippen LogP contribution in [0, 0.1) is 5.92 Å². The van der Waals surface area contributed by atoms with E-state index in [0.29, 0.717) is 6.54 Å². The second kappa shape index (κ2) is 10.0. The second-order valence-corrected chi connectivity index (χ2v) is 5.96. The van der Waals surface area contributed by atoms with E-state index in [2.05, 4.69) is 26.9 Å². The maximum atomic E-state index is 12.4. The highest BCUT2D eigenvalue weighted by Crippen LogP contribution is 2.29. The average molecular weight is 472 g/mol. The van der Waals surface area contributed by atoms with Gasteiger partial charge in [-0.05, 0) is 44.0 Å². The molecule has 9 heteroatoms. The van der Waals surface area contributed by atoms with Crippen molar-refractivity contribution in [2.24, 2.45) is 16.6 Å². The van der Waals surface area contributed by atoms with Gasteiger partial charge in [-0.3, -0.25) is 4.99 Å². The third kappa shape index (κ3) is 8.13. The van der Waals surface area contributed by atoms with Crippen molar-refractivity contribution in [1.82, 2.24) is 4.90 Å². The Morgan fingerprint density at radius 2 is 1.96 bits per heavy atom. The van der Waals surface area contributed by atoms with E-state index in [-0.39, 0.29) is 41.4 Å².